The second-order valence-electron chi connectivity index (χ2n) is 5.62. The van der Waals surface area contributed by atoms with Crippen molar-refractivity contribution in [3.8, 4) is 5.75 Å². The number of methoxy groups -OCH3 is 1. The summed E-state index contributed by atoms with van der Waals surface area (Å²) in [6.07, 6.45) is 3.63. The molecule has 6 nitrogen and oxygen atoms in total. The first-order valence-corrected chi connectivity index (χ1v) is 8.47. The van der Waals surface area contributed by atoms with Crippen LogP contribution in [0.4, 0.5) is 11.6 Å². The lowest BCUT2D eigenvalue weighted by Crippen LogP contribution is -2.20. The van der Waals surface area contributed by atoms with E-state index in [0.717, 1.165) is 23.9 Å². The third-order valence-corrected chi connectivity index (χ3v) is 4.16. The van der Waals surface area contributed by atoms with Crippen LogP contribution in [0, 0.1) is 0 Å². The Morgan fingerprint density at radius 2 is 2.12 bits per heavy atom. The first-order chi connectivity index (χ1) is 12.1. The maximum absolute atomic E-state index is 12.2. The number of rotatable bonds is 6. The van der Waals surface area contributed by atoms with Gasteiger partial charge in [-0.15, -0.1) is 0 Å². The van der Waals surface area contributed by atoms with Crippen LogP contribution in [0.15, 0.2) is 41.3 Å². The molecule has 2 aromatic heterocycles. The van der Waals surface area contributed by atoms with Gasteiger partial charge in [0, 0.05) is 29.9 Å². The molecule has 2 heterocycles. The van der Waals surface area contributed by atoms with Gasteiger partial charge in [-0.05, 0) is 30.7 Å². The van der Waals surface area contributed by atoms with Gasteiger partial charge in [-0.25, -0.2) is 4.98 Å². The van der Waals surface area contributed by atoms with E-state index in [-0.39, 0.29) is 5.56 Å². The maximum atomic E-state index is 12.2. The average Bonchev–Trinajstić information content (AvgIpc) is 2.61. The van der Waals surface area contributed by atoms with Gasteiger partial charge < -0.3 is 10.1 Å². The van der Waals surface area contributed by atoms with Crippen LogP contribution in [0.25, 0.3) is 11.0 Å². The highest BCUT2D eigenvalue weighted by molar-refractivity contribution is 6.32. The topological polar surface area (TPSA) is 69.0 Å². The zero-order chi connectivity index (χ0) is 17.8. The molecule has 0 spiro atoms. The standard InChI is InChI=1S/C18H19ClN4O2/c1-3-4-9-23-16(24)8-5-12-11-20-18(22-17(12)23)21-13-6-7-15(25-2)14(19)10-13/h5-8,10-11H,3-4,9H2,1-2H3,(H,20,21,22). The van der Waals surface area contributed by atoms with Crippen LogP contribution >= 0.6 is 11.6 Å². The predicted molar refractivity (Wildman–Crippen MR) is 100.0 cm³/mol. The third kappa shape index (κ3) is 3.74. The van der Waals surface area contributed by atoms with Crippen LogP contribution < -0.4 is 15.6 Å². The molecule has 0 radical (unpaired) electrons. The largest absolute Gasteiger partial charge is 0.495 e. The third-order valence-electron chi connectivity index (χ3n) is 3.87. The molecule has 1 N–H and O–H groups in total. The second kappa shape index (κ2) is 7.53. The Balaban J connectivity index is 1.97. The van der Waals surface area contributed by atoms with Gasteiger partial charge in [0.05, 0.1) is 12.1 Å². The molecule has 0 amide bonds. The number of nitrogens with one attached hydrogen (secondary N) is 1. The van der Waals surface area contributed by atoms with E-state index in [2.05, 4.69) is 22.2 Å². The summed E-state index contributed by atoms with van der Waals surface area (Å²) in [6.45, 7) is 2.73. The molecule has 0 aliphatic rings. The molecule has 0 atom stereocenters. The van der Waals surface area contributed by atoms with Gasteiger partial charge in [0.1, 0.15) is 11.4 Å². The van der Waals surface area contributed by atoms with E-state index in [1.807, 2.05) is 6.07 Å². The summed E-state index contributed by atoms with van der Waals surface area (Å²) in [7, 11) is 1.57. The number of aryl methyl sites for hydroxylation is 1. The Bertz CT molecular complexity index is 955. The number of nitrogens with zero attached hydrogens (tertiary/aromatic N) is 3. The normalized spacial score (nSPS) is 10.8. The molecule has 0 unspecified atom stereocenters. The van der Waals surface area contributed by atoms with Crippen molar-refractivity contribution in [2.24, 2.45) is 0 Å². The lowest BCUT2D eigenvalue weighted by atomic mass is 10.3. The number of hydrogen-bond donors (Lipinski definition) is 1. The van der Waals surface area contributed by atoms with Gasteiger partial charge >= 0.3 is 0 Å². The fourth-order valence-electron chi connectivity index (χ4n) is 2.54. The van der Waals surface area contributed by atoms with E-state index in [4.69, 9.17) is 16.3 Å². The lowest BCUT2D eigenvalue weighted by Gasteiger charge is -2.11. The molecule has 0 bridgehead atoms. The van der Waals surface area contributed by atoms with Crippen molar-refractivity contribution in [2.75, 3.05) is 12.4 Å². The second-order valence-corrected chi connectivity index (χ2v) is 6.03. The summed E-state index contributed by atoms with van der Waals surface area (Å²) < 4.78 is 6.83. The van der Waals surface area contributed by atoms with Crippen molar-refractivity contribution < 1.29 is 4.74 Å². The molecule has 3 rings (SSSR count). The Labute approximate surface area is 150 Å². The number of fused-ring (bicyclic) bond motifs is 1. The fraction of sp³-hybridized carbons (Fsp3) is 0.278. The average molecular weight is 359 g/mol. The van der Waals surface area contributed by atoms with Crippen LogP contribution in [0.3, 0.4) is 0 Å². The van der Waals surface area contributed by atoms with E-state index in [1.165, 1.54) is 0 Å². The van der Waals surface area contributed by atoms with E-state index in [0.29, 0.717) is 28.9 Å². The van der Waals surface area contributed by atoms with Crippen molar-refractivity contribution in [1.29, 1.82) is 0 Å². The number of benzene rings is 1. The molecule has 0 aliphatic carbocycles. The molecule has 0 saturated carbocycles. The summed E-state index contributed by atoms with van der Waals surface area (Å²) in [5.41, 5.74) is 1.31. The van der Waals surface area contributed by atoms with Gasteiger partial charge in [0.2, 0.25) is 5.95 Å². The number of hydrogen-bond acceptors (Lipinski definition) is 5. The molecular weight excluding hydrogens is 340 g/mol. The molecule has 7 heteroatoms. The van der Waals surface area contributed by atoms with Gasteiger partial charge in [0.25, 0.3) is 5.56 Å². The first kappa shape index (κ1) is 17.2. The van der Waals surface area contributed by atoms with Crippen molar-refractivity contribution in [2.45, 2.75) is 26.3 Å². The zero-order valence-corrected chi connectivity index (χ0v) is 14.9. The Kier molecular flexibility index (Phi) is 5.19. The molecule has 3 aromatic rings. The minimum atomic E-state index is -0.0573. The summed E-state index contributed by atoms with van der Waals surface area (Å²) in [5, 5.41) is 4.43. The number of aromatic nitrogens is 3. The summed E-state index contributed by atoms with van der Waals surface area (Å²) in [5.74, 6) is 1.00. The highest BCUT2D eigenvalue weighted by atomic mass is 35.5. The van der Waals surface area contributed by atoms with Crippen LogP contribution in [-0.4, -0.2) is 21.6 Å². The van der Waals surface area contributed by atoms with E-state index in [9.17, 15) is 4.79 Å². The molecule has 0 saturated heterocycles. The van der Waals surface area contributed by atoms with Crippen LogP contribution in [0.5, 0.6) is 5.75 Å². The van der Waals surface area contributed by atoms with Crippen LogP contribution in [0.1, 0.15) is 19.8 Å². The molecule has 0 fully saturated rings. The van der Waals surface area contributed by atoms with Crippen molar-refractivity contribution in [1.82, 2.24) is 14.5 Å². The minimum absolute atomic E-state index is 0.0573. The maximum Gasteiger partial charge on any atom is 0.252 e. The monoisotopic (exact) mass is 358 g/mol. The minimum Gasteiger partial charge on any atom is -0.495 e. The highest BCUT2D eigenvalue weighted by Gasteiger charge is 2.08. The molecular formula is C18H19ClN4O2. The zero-order valence-electron chi connectivity index (χ0n) is 14.1. The number of halogens is 1. The molecule has 130 valence electrons. The fourth-order valence-corrected chi connectivity index (χ4v) is 2.79. The smallest absolute Gasteiger partial charge is 0.252 e. The van der Waals surface area contributed by atoms with E-state index in [1.54, 1.807) is 42.1 Å². The molecule has 25 heavy (non-hydrogen) atoms. The quantitative estimate of drug-likeness (QED) is 0.721. The number of unbranched alkanes of at least 4 members (excludes halogenated alkanes) is 1. The van der Waals surface area contributed by atoms with Crippen molar-refractivity contribution >= 4 is 34.3 Å². The number of anilines is 2. The predicted octanol–water partition coefficient (Wildman–Crippen LogP) is 4.00. The summed E-state index contributed by atoms with van der Waals surface area (Å²) in [4.78, 5) is 21.0. The van der Waals surface area contributed by atoms with Crippen LogP contribution in [0.2, 0.25) is 5.02 Å². The van der Waals surface area contributed by atoms with Gasteiger partial charge in [-0.1, -0.05) is 24.9 Å². The molecule has 1 aromatic carbocycles. The Hall–Kier alpha value is -2.60. The highest BCUT2D eigenvalue weighted by Crippen LogP contribution is 2.28. The Morgan fingerprint density at radius 3 is 2.84 bits per heavy atom. The lowest BCUT2D eigenvalue weighted by molar-refractivity contribution is 0.415. The number of ether oxygens (including phenoxy) is 1. The summed E-state index contributed by atoms with van der Waals surface area (Å²) in [6, 6.07) is 8.63. The van der Waals surface area contributed by atoms with Crippen molar-refractivity contribution in [3.05, 3.63) is 51.9 Å². The molecule has 0 aliphatic heterocycles. The van der Waals surface area contributed by atoms with E-state index < -0.39 is 0 Å². The number of pyridine rings is 1. The first-order valence-electron chi connectivity index (χ1n) is 8.09. The van der Waals surface area contributed by atoms with Gasteiger partial charge in [-0.2, -0.15) is 4.98 Å². The van der Waals surface area contributed by atoms with Crippen LogP contribution in [-0.2, 0) is 6.54 Å². The van der Waals surface area contributed by atoms with E-state index >= 15 is 0 Å². The Morgan fingerprint density at radius 1 is 1.28 bits per heavy atom. The van der Waals surface area contributed by atoms with Gasteiger partial charge in [-0.3, -0.25) is 9.36 Å². The van der Waals surface area contributed by atoms with Gasteiger partial charge in [0.15, 0.2) is 0 Å². The van der Waals surface area contributed by atoms with Crippen molar-refractivity contribution in [3.63, 3.8) is 0 Å². The SMILES string of the molecule is CCCCn1c(=O)ccc2cnc(Nc3ccc(OC)c(Cl)c3)nc21. The summed E-state index contributed by atoms with van der Waals surface area (Å²) >= 11 is 6.14.